The van der Waals surface area contributed by atoms with Gasteiger partial charge in [-0.25, -0.2) is 9.64 Å². The smallest absolute Gasteiger partial charge is 0.346 e. The Balaban J connectivity index is 0.993. The number of carboxylic acids is 2. The molecule has 8 nitrogen and oxygen atoms in total. The number of hydrogen-bond acceptors (Lipinski definition) is 7. The summed E-state index contributed by atoms with van der Waals surface area (Å²) in [6, 6.07) is 55.0. The minimum Gasteiger partial charge on any atom is -0.497 e. The number of benzene rings is 6. The van der Waals surface area contributed by atoms with Crippen molar-refractivity contribution in [2.45, 2.75) is 0 Å². The molecule has 65 heavy (non-hydrogen) atoms. The van der Waals surface area contributed by atoms with Crippen LogP contribution < -0.4 is 9.64 Å². The van der Waals surface area contributed by atoms with Crippen LogP contribution in [0.2, 0.25) is 0 Å². The summed E-state index contributed by atoms with van der Waals surface area (Å²) < 4.78 is 5.48. The van der Waals surface area contributed by atoms with Crippen LogP contribution in [0.25, 0.3) is 73.0 Å². The largest absolute Gasteiger partial charge is 0.497 e. The van der Waals surface area contributed by atoms with E-state index in [9.17, 15) is 19.8 Å². The molecule has 8 rings (SSSR count). The van der Waals surface area contributed by atoms with Crippen LogP contribution in [0.5, 0.6) is 5.75 Å². The van der Waals surface area contributed by atoms with Crippen LogP contribution in [-0.4, -0.2) is 29.3 Å². The lowest BCUT2D eigenvalue weighted by Gasteiger charge is -2.26. The summed E-state index contributed by atoms with van der Waals surface area (Å²) in [5.74, 6) is -1.67. The molecular formula is C55H37N3O5S2. The molecule has 314 valence electrons. The first-order chi connectivity index (χ1) is 31.7. The standard InChI is InChI=1S/C55H37N3O5S2/c1-57-51(55(61)62)34-50-28-30-53(65-50)41-17-9-37(10-18-41)4-6-39-13-23-46(24-14-39)58(47-25-19-43-32-48(63-2)26-20-42(43)31-47)45-21-11-38(12-22-45)5-3-36-7-15-40(16-8-36)52-29-27-49(64-52)33-44(35-56)54(59)60/h3-34H,2H3,(H,59,60)(H,61,62). The van der Waals surface area contributed by atoms with Gasteiger partial charge in [-0.3, -0.25) is 4.79 Å². The molecule has 2 N–H and O–H groups in total. The Hall–Kier alpha value is -8.54. The number of methoxy groups -OCH3 is 1. The molecule has 0 aliphatic carbocycles. The highest BCUT2D eigenvalue weighted by Gasteiger charge is 2.14. The number of ether oxygens (including phenoxy) is 1. The van der Waals surface area contributed by atoms with Crippen molar-refractivity contribution >= 4 is 98.9 Å². The first kappa shape index (κ1) is 43.1. The first-order valence-corrected chi connectivity index (χ1v) is 21.8. The van der Waals surface area contributed by atoms with Crippen LogP contribution in [0.1, 0.15) is 32.0 Å². The SMILES string of the molecule is [C-]#[N+]C(=Cc1ccc(-c2ccc(C=Cc3ccc(N(c4ccc(C=Cc5ccc(-c6ccc(C=C(C#N)C(=O)O)s6)cc5)cc4)c4ccc5cc(OC)ccc5c4)cc3)cc2)s1)C(=O)O. The monoisotopic (exact) mass is 883 g/mol. The molecular weight excluding hydrogens is 847 g/mol. The third kappa shape index (κ3) is 10.4. The van der Waals surface area contributed by atoms with Gasteiger partial charge in [-0.05, 0) is 129 Å². The highest BCUT2D eigenvalue weighted by molar-refractivity contribution is 7.16. The van der Waals surface area contributed by atoms with Crippen molar-refractivity contribution in [1.29, 1.82) is 5.26 Å². The molecule has 0 unspecified atom stereocenters. The van der Waals surface area contributed by atoms with Gasteiger partial charge >= 0.3 is 11.9 Å². The molecule has 0 aliphatic heterocycles. The third-order valence-corrected chi connectivity index (χ3v) is 12.6. The molecule has 0 spiro atoms. The zero-order chi connectivity index (χ0) is 45.3. The molecule has 2 heterocycles. The number of nitriles is 1. The van der Waals surface area contributed by atoms with Crippen LogP contribution >= 0.6 is 22.7 Å². The lowest BCUT2D eigenvalue weighted by Crippen LogP contribution is -2.09. The van der Waals surface area contributed by atoms with Gasteiger partial charge in [0.2, 0.25) is 0 Å². The van der Waals surface area contributed by atoms with Crippen molar-refractivity contribution in [2.24, 2.45) is 0 Å². The van der Waals surface area contributed by atoms with Crippen LogP contribution in [0.3, 0.4) is 0 Å². The summed E-state index contributed by atoms with van der Waals surface area (Å²) in [6.07, 6.45) is 11.1. The predicted molar refractivity (Wildman–Crippen MR) is 266 cm³/mol. The lowest BCUT2D eigenvalue weighted by atomic mass is 10.1. The summed E-state index contributed by atoms with van der Waals surface area (Å²) in [4.78, 5) is 31.2. The zero-order valence-electron chi connectivity index (χ0n) is 34.8. The van der Waals surface area contributed by atoms with E-state index in [2.05, 4.69) is 107 Å². The van der Waals surface area contributed by atoms with Gasteiger partial charge in [0.25, 0.3) is 5.70 Å². The third-order valence-electron chi connectivity index (χ3n) is 10.4. The van der Waals surface area contributed by atoms with Crippen molar-refractivity contribution in [3.63, 3.8) is 0 Å². The van der Waals surface area contributed by atoms with E-state index in [4.69, 9.17) is 16.6 Å². The summed E-state index contributed by atoms with van der Waals surface area (Å²) in [5, 5.41) is 29.7. The maximum atomic E-state index is 11.3. The molecule has 0 aliphatic rings. The highest BCUT2D eigenvalue weighted by atomic mass is 32.1. The van der Waals surface area contributed by atoms with Crippen molar-refractivity contribution < 1.29 is 24.5 Å². The number of anilines is 3. The van der Waals surface area contributed by atoms with E-state index in [0.29, 0.717) is 9.75 Å². The fourth-order valence-corrected chi connectivity index (χ4v) is 8.93. The second-order valence-corrected chi connectivity index (χ2v) is 16.9. The Morgan fingerprint density at radius 3 is 1.48 bits per heavy atom. The molecule has 0 radical (unpaired) electrons. The number of rotatable bonds is 14. The van der Waals surface area contributed by atoms with Crippen molar-refractivity contribution in [1.82, 2.24) is 0 Å². The average molecular weight is 884 g/mol. The average Bonchev–Trinajstić information content (AvgIpc) is 4.02. The number of aliphatic carboxylic acids is 2. The zero-order valence-corrected chi connectivity index (χ0v) is 36.4. The molecule has 2 aromatic heterocycles. The quantitative estimate of drug-likeness (QED) is 0.0484. The number of thiophene rings is 2. The molecule has 0 saturated carbocycles. The van der Waals surface area contributed by atoms with Gasteiger partial charge in [-0.2, -0.15) is 5.26 Å². The predicted octanol–water partition coefficient (Wildman–Crippen LogP) is 14.5. The van der Waals surface area contributed by atoms with Crippen LogP contribution in [-0.2, 0) is 9.59 Å². The van der Waals surface area contributed by atoms with E-state index in [1.807, 2.05) is 84.9 Å². The Bertz CT molecular complexity index is 3070. The van der Waals surface area contributed by atoms with Gasteiger partial charge in [0.15, 0.2) is 0 Å². The van der Waals surface area contributed by atoms with Gasteiger partial charge in [0.1, 0.15) is 17.4 Å². The molecule has 0 saturated heterocycles. The Morgan fingerprint density at radius 1 is 0.585 bits per heavy atom. The summed E-state index contributed by atoms with van der Waals surface area (Å²) in [5.41, 5.74) is 8.58. The van der Waals surface area contributed by atoms with Crippen LogP contribution in [0.15, 0.2) is 169 Å². The molecule has 8 aromatic rings. The fourth-order valence-electron chi connectivity index (χ4n) is 7.03. The lowest BCUT2D eigenvalue weighted by molar-refractivity contribution is -0.133. The van der Waals surface area contributed by atoms with Gasteiger partial charge in [0, 0.05) is 36.6 Å². The second kappa shape index (κ2) is 19.7. The summed E-state index contributed by atoms with van der Waals surface area (Å²) in [7, 11) is 1.67. The summed E-state index contributed by atoms with van der Waals surface area (Å²) >= 11 is 2.87. The van der Waals surface area contributed by atoms with Gasteiger partial charge in [0.05, 0.1) is 13.7 Å². The Morgan fingerprint density at radius 2 is 1.03 bits per heavy atom. The van der Waals surface area contributed by atoms with E-state index in [0.717, 1.165) is 76.7 Å². The number of hydrogen-bond donors (Lipinski definition) is 2. The molecule has 0 amide bonds. The van der Waals surface area contributed by atoms with Gasteiger partial charge in [-0.1, -0.05) is 109 Å². The number of carbonyl (C=O) groups is 2. The molecule has 0 atom stereocenters. The normalized spacial score (nSPS) is 11.7. The van der Waals surface area contributed by atoms with Crippen molar-refractivity contribution in [3.8, 4) is 32.7 Å². The van der Waals surface area contributed by atoms with E-state index < -0.39 is 11.9 Å². The number of fused-ring (bicyclic) bond motifs is 1. The maximum absolute atomic E-state index is 11.3. The maximum Gasteiger partial charge on any atom is 0.346 e. The van der Waals surface area contributed by atoms with Crippen molar-refractivity contribution in [3.05, 3.63) is 212 Å². The van der Waals surface area contributed by atoms with E-state index in [1.54, 1.807) is 13.2 Å². The molecule has 10 heteroatoms. The van der Waals surface area contributed by atoms with Crippen LogP contribution in [0, 0.1) is 17.9 Å². The Labute approximate surface area is 384 Å². The number of nitrogens with zero attached hydrogens (tertiary/aromatic N) is 3. The first-order valence-electron chi connectivity index (χ1n) is 20.2. The topological polar surface area (TPSA) is 115 Å². The van der Waals surface area contributed by atoms with E-state index in [1.165, 1.54) is 34.8 Å². The minimum atomic E-state index is -1.24. The van der Waals surface area contributed by atoms with Gasteiger partial charge < -0.3 is 19.8 Å². The fraction of sp³-hybridized carbons (Fsp3) is 0.0182. The molecule has 0 fully saturated rings. The van der Waals surface area contributed by atoms with Gasteiger partial charge in [-0.15, -0.1) is 22.7 Å². The molecule has 6 aromatic carbocycles. The summed E-state index contributed by atoms with van der Waals surface area (Å²) in [6.45, 7) is 7.10. The Kier molecular flexibility index (Phi) is 13.0. The minimum absolute atomic E-state index is 0.295. The molecule has 0 bridgehead atoms. The highest BCUT2D eigenvalue weighted by Crippen LogP contribution is 2.38. The van der Waals surface area contributed by atoms with E-state index in [-0.39, 0.29) is 11.3 Å². The van der Waals surface area contributed by atoms with Crippen molar-refractivity contribution in [2.75, 3.05) is 12.0 Å². The number of carboxylic acid groups (broad SMARTS) is 2. The van der Waals surface area contributed by atoms with Crippen LogP contribution in [0.4, 0.5) is 17.1 Å². The second-order valence-electron chi connectivity index (χ2n) is 14.7. The van der Waals surface area contributed by atoms with E-state index >= 15 is 0 Å².